The van der Waals surface area contributed by atoms with Crippen LogP contribution >= 0.6 is 12.2 Å². The molecule has 2 atom stereocenters. The van der Waals surface area contributed by atoms with Crippen LogP contribution in [0.4, 0.5) is 5.69 Å². The fourth-order valence-corrected chi connectivity index (χ4v) is 5.08. The Morgan fingerprint density at radius 3 is 2.71 bits per heavy atom. The molecule has 1 aliphatic heterocycles. The third-order valence-corrected chi connectivity index (χ3v) is 6.44. The molecule has 1 saturated heterocycles. The number of benzene rings is 1. The van der Waals surface area contributed by atoms with Crippen molar-refractivity contribution in [3.05, 3.63) is 82.4 Å². The summed E-state index contributed by atoms with van der Waals surface area (Å²) in [7, 11) is 0. The van der Waals surface area contributed by atoms with Crippen LogP contribution in [0.1, 0.15) is 49.2 Å². The Hall–Kier alpha value is -3.26. The summed E-state index contributed by atoms with van der Waals surface area (Å²) in [5.41, 5.74) is 1.62. The van der Waals surface area contributed by atoms with Crippen molar-refractivity contribution in [3.63, 3.8) is 0 Å². The van der Waals surface area contributed by atoms with Crippen LogP contribution in [0.15, 0.2) is 65.2 Å². The molecule has 1 aromatic carbocycles. The van der Waals surface area contributed by atoms with E-state index in [0.717, 1.165) is 29.4 Å². The van der Waals surface area contributed by atoms with Gasteiger partial charge in [-0.1, -0.05) is 31.0 Å². The Morgan fingerprint density at radius 2 is 1.97 bits per heavy atom. The highest BCUT2D eigenvalue weighted by molar-refractivity contribution is 7.80. The molecule has 1 N–H and O–H groups in total. The number of nitrogens with zero attached hydrogens (tertiary/aromatic N) is 3. The molecule has 3 heterocycles. The summed E-state index contributed by atoms with van der Waals surface area (Å²) in [5, 5.41) is 15.4. The summed E-state index contributed by atoms with van der Waals surface area (Å²) < 4.78 is 6.29. The van der Waals surface area contributed by atoms with Crippen molar-refractivity contribution in [2.45, 2.75) is 43.8 Å². The average Bonchev–Trinajstić information content (AvgIpc) is 3.54. The van der Waals surface area contributed by atoms with E-state index < -0.39 is 4.92 Å². The third-order valence-electron chi connectivity index (χ3n) is 6.11. The van der Waals surface area contributed by atoms with Crippen LogP contribution in [0, 0.1) is 10.1 Å². The number of furan rings is 1. The second-order valence-electron chi connectivity index (χ2n) is 7.98. The summed E-state index contributed by atoms with van der Waals surface area (Å²) in [6, 6.07) is 16.3. The van der Waals surface area contributed by atoms with Crippen molar-refractivity contribution in [1.29, 1.82) is 0 Å². The first-order chi connectivity index (χ1) is 15.1. The van der Waals surface area contributed by atoms with Crippen LogP contribution in [0.25, 0.3) is 11.3 Å². The molecule has 0 radical (unpaired) electrons. The van der Waals surface area contributed by atoms with E-state index in [1.54, 1.807) is 12.3 Å². The largest absolute Gasteiger partial charge is 0.459 e. The summed E-state index contributed by atoms with van der Waals surface area (Å²) in [5.74, 6) is 1.37. The Balaban J connectivity index is 1.54. The fraction of sp³-hybridized carbons (Fsp3) is 0.304. The van der Waals surface area contributed by atoms with Crippen molar-refractivity contribution in [1.82, 2.24) is 15.2 Å². The molecular weight excluding hydrogens is 412 g/mol. The molecule has 3 aromatic rings. The number of nitro benzene ring substituents is 1. The van der Waals surface area contributed by atoms with Gasteiger partial charge in [0.05, 0.1) is 16.7 Å². The summed E-state index contributed by atoms with van der Waals surface area (Å²) in [6.45, 7) is 0. The van der Waals surface area contributed by atoms with Gasteiger partial charge < -0.3 is 14.6 Å². The lowest BCUT2D eigenvalue weighted by Crippen LogP contribution is -2.37. The number of hydrogen-bond acceptors (Lipinski definition) is 5. The lowest BCUT2D eigenvalue weighted by atomic mass is 10.0. The molecule has 0 amide bonds. The minimum Gasteiger partial charge on any atom is -0.459 e. The maximum atomic E-state index is 11.2. The molecule has 1 aliphatic carbocycles. The zero-order valence-electron chi connectivity index (χ0n) is 16.8. The summed E-state index contributed by atoms with van der Waals surface area (Å²) >= 11 is 5.75. The minimum atomic E-state index is -0.397. The van der Waals surface area contributed by atoms with Gasteiger partial charge in [0.25, 0.3) is 5.69 Å². The number of rotatable bonds is 5. The van der Waals surface area contributed by atoms with E-state index in [-0.39, 0.29) is 17.8 Å². The van der Waals surface area contributed by atoms with Crippen molar-refractivity contribution < 1.29 is 9.34 Å². The van der Waals surface area contributed by atoms with Crippen molar-refractivity contribution in [2.75, 3.05) is 0 Å². The van der Waals surface area contributed by atoms with Gasteiger partial charge >= 0.3 is 0 Å². The molecule has 158 valence electrons. The molecule has 7 nitrogen and oxygen atoms in total. The minimum absolute atomic E-state index is 0.0399. The van der Waals surface area contributed by atoms with E-state index in [1.807, 2.05) is 36.4 Å². The van der Waals surface area contributed by atoms with Crippen LogP contribution in [0.3, 0.4) is 0 Å². The molecule has 31 heavy (non-hydrogen) atoms. The van der Waals surface area contributed by atoms with E-state index in [1.165, 1.54) is 25.0 Å². The standard InChI is InChI=1S/C23H22N4O3S/c28-27(29)17-9-5-6-15(14-17)19-11-12-20(30-19)22-21(18-10-3-4-13-24-18)25-23(31)26(22)16-7-1-2-8-16/h3-6,9-14,16,21-22H,1-2,7-8H2,(H,25,31)/t21-,22-/m1/s1. The van der Waals surface area contributed by atoms with Gasteiger partial charge in [0.1, 0.15) is 17.6 Å². The fourth-order valence-electron chi connectivity index (χ4n) is 4.69. The van der Waals surface area contributed by atoms with Gasteiger partial charge in [-0.2, -0.15) is 0 Å². The lowest BCUT2D eigenvalue weighted by molar-refractivity contribution is -0.384. The maximum Gasteiger partial charge on any atom is 0.270 e. The first-order valence-corrected chi connectivity index (χ1v) is 10.9. The molecule has 8 heteroatoms. The molecule has 0 unspecified atom stereocenters. The van der Waals surface area contributed by atoms with E-state index in [4.69, 9.17) is 16.6 Å². The Kier molecular flexibility index (Phi) is 5.15. The molecule has 2 aromatic heterocycles. The normalized spacial score (nSPS) is 21.4. The zero-order chi connectivity index (χ0) is 21.4. The number of nitrogens with one attached hydrogen (secondary N) is 1. The second-order valence-corrected chi connectivity index (χ2v) is 8.37. The van der Waals surface area contributed by atoms with Crippen LogP contribution in [0.5, 0.6) is 0 Å². The van der Waals surface area contributed by atoms with Gasteiger partial charge in [0, 0.05) is 29.9 Å². The van der Waals surface area contributed by atoms with Crippen LogP contribution in [0.2, 0.25) is 0 Å². The van der Waals surface area contributed by atoms with Crippen molar-refractivity contribution in [2.24, 2.45) is 0 Å². The van der Waals surface area contributed by atoms with Crippen LogP contribution in [-0.2, 0) is 0 Å². The molecule has 0 spiro atoms. The van der Waals surface area contributed by atoms with Gasteiger partial charge in [-0.25, -0.2) is 0 Å². The highest BCUT2D eigenvalue weighted by Gasteiger charge is 2.45. The number of thiocarbonyl (C=S) groups is 1. The van der Waals surface area contributed by atoms with Gasteiger partial charge in [-0.05, 0) is 49.3 Å². The topological polar surface area (TPSA) is 84.4 Å². The second kappa shape index (κ2) is 8.11. The highest BCUT2D eigenvalue weighted by Crippen LogP contribution is 2.44. The molecule has 2 fully saturated rings. The first kappa shape index (κ1) is 19.7. The predicted molar refractivity (Wildman–Crippen MR) is 120 cm³/mol. The van der Waals surface area contributed by atoms with Gasteiger partial charge in [0.2, 0.25) is 0 Å². The maximum absolute atomic E-state index is 11.2. The monoisotopic (exact) mass is 434 g/mol. The molecule has 0 bridgehead atoms. The number of non-ortho nitro benzene ring substituents is 1. The van der Waals surface area contributed by atoms with E-state index in [2.05, 4.69) is 15.2 Å². The highest BCUT2D eigenvalue weighted by atomic mass is 32.1. The zero-order valence-corrected chi connectivity index (χ0v) is 17.6. The Bertz CT molecular complexity index is 1110. The first-order valence-electron chi connectivity index (χ1n) is 10.5. The SMILES string of the molecule is O=[N+]([O-])c1cccc(-c2ccc([C@@H]3[C@@H](c4ccccn4)NC(=S)N3C3CCCC3)o2)c1. The van der Waals surface area contributed by atoms with E-state index in [9.17, 15) is 10.1 Å². The molecule has 5 rings (SSSR count). The van der Waals surface area contributed by atoms with E-state index >= 15 is 0 Å². The van der Waals surface area contributed by atoms with Gasteiger partial charge in [-0.3, -0.25) is 15.1 Å². The number of aromatic nitrogens is 1. The van der Waals surface area contributed by atoms with Crippen LogP contribution in [-0.4, -0.2) is 26.0 Å². The van der Waals surface area contributed by atoms with Crippen LogP contribution < -0.4 is 5.32 Å². The summed E-state index contributed by atoms with van der Waals surface area (Å²) in [6.07, 6.45) is 6.38. The quantitative estimate of drug-likeness (QED) is 0.337. The molecular formula is C23H22N4O3S. The Labute approximate surface area is 185 Å². The lowest BCUT2D eigenvalue weighted by Gasteiger charge is -2.31. The Morgan fingerprint density at radius 1 is 1.13 bits per heavy atom. The summed E-state index contributed by atoms with van der Waals surface area (Å²) in [4.78, 5) is 17.6. The molecule has 1 saturated carbocycles. The predicted octanol–water partition coefficient (Wildman–Crippen LogP) is 5.16. The van der Waals surface area contributed by atoms with Gasteiger partial charge in [-0.15, -0.1) is 0 Å². The number of nitro groups is 1. The number of hydrogen-bond donors (Lipinski definition) is 1. The van der Waals surface area contributed by atoms with Gasteiger partial charge in [0.15, 0.2) is 5.11 Å². The van der Waals surface area contributed by atoms with Crippen molar-refractivity contribution >= 4 is 23.0 Å². The smallest absolute Gasteiger partial charge is 0.270 e. The number of pyridine rings is 1. The average molecular weight is 435 g/mol. The molecule has 2 aliphatic rings. The van der Waals surface area contributed by atoms with Crippen molar-refractivity contribution in [3.8, 4) is 11.3 Å². The van der Waals surface area contributed by atoms with E-state index in [0.29, 0.717) is 17.4 Å². The third kappa shape index (κ3) is 3.67.